The van der Waals surface area contributed by atoms with Crippen LogP contribution in [-0.2, 0) is 6.42 Å². The van der Waals surface area contributed by atoms with Crippen molar-refractivity contribution >= 4 is 5.91 Å². The van der Waals surface area contributed by atoms with E-state index in [0.717, 1.165) is 32.4 Å². The summed E-state index contributed by atoms with van der Waals surface area (Å²) in [5.74, 6) is -0.0263. The van der Waals surface area contributed by atoms with Crippen molar-refractivity contribution in [3.63, 3.8) is 0 Å². The van der Waals surface area contributed by atoms with Crippen molar-refractivity contribution < 1.29 is 4.79 Å². The van der Waals surface area contributed by atoms with Crippen molar-refractivity contribution in [3.8, 4) is 0 Å². The highest BCUT2D eigenvalue weighted by molar-refractivity contribution is 5.92. The van der Waals surface area contributed by atoms with Crippen LogP contribution in [-0.4, -0.2) is 52.3 Å². The van der Waals surface area contributed by atoms with Gasteiger partial charge in [-0.3, -0.25) is 14.5 Å². The van der Waals surface area contributed by atoms with Gasteiger partial charge in [0.25, 0.3) is 5.91 Å². The van der Waals surface area contributed by atoms with E-state index in [1.54, 1.807) is 17.3 Å². The fourth-order valence-electron chi connectivity index (χ4n) is 2.86. The summed E-state index contributed by atoms with van der Waals surface area (Å²) < 4.78 is 1.93. The second kappa shape index (κ2) is 7.37. The highest BCUT2D eigenvalue weighted by Crippen LogP contribution is 2.16. The van der Waals surface area contributed by atoms with Crippen LogP contribution in [0, 0.1) is 0 Å². The molecule has 2 aromatic heterocycles. The molecule has 1 amide bonds. The van der Waals surface area contributed by atoms with Gasteiger partial charge in [0.1, 0.15) is 5.69 Å². The lowest BCUT2D eigenvalue weighted by Crippen LogP contribution is -2.32. The number of aromatic nitrogens is 3. The average Bonchev–Trinajstić information content (AvgIpc) is 3.11. The quantitative estimate of drug-likeness (QED) is 0.909. The van der Waals surface area contributed by atoms with E-state index in [2.05, 4.69) is 15.4 Å². The van der Waals surface area contributed by atoms with Gasteiger partial charge in [0.05, 0.1) is 6.04 Å². The summed E-state index contributed by atoms with van der Waals surface area (Å²) in [6.45, 7) is 2.66. The SMILES string of the molecule is CN(CCc1ccncc1)C(=O)c1ccn(C2CCCNC2)n1. The monoisotopic (exact) mass is 313 g/mol. The molecule has 0 bridgehead atoms. The first-order valence-corrected chi connectivity index (χ1v) is 8.14. The zero-order chi connectivity index (χ0) is 16.1. The standard InChI is InChI=1S/C17H23N5O/c1-21(11-6-14-4-9-18-10-5-14)17(23)16-7-12-22(20-16)15-3-2-8-19-13-15/h4-5,7,9-10,12,15,19H,2-3,6,8,11,13H2,1H3. The minimum Gasteiger partial charge on any atom is -0.340 e. The number of nitrogens with one attached hydrogen (secondary N) is 1. The average molecular weight is 313 g/mol. The van der Waals surface area contributed by atoms with Gasteiger partial charge in [0.15, 0.2) is 0 Å². The Kier molecular flexibility index (Phi) is 5.02. The van der Waals surface area contributed by atoms with Crippen molar-refractivity contribution in [1.82, 2.24) is 25.0 Å². The molecule has 1 fully saturated rings. The Bertz CT molecular complexity index is 633. The van der Waals surface area contributed by atoms with Crippen molar-refractivity contribution in [2.45, 2.75) is 25.3 Å². The lowest BCUT2D eigenvalue weighted by Gasteiger charge is -2.23. The van der Waals surface area contributed by atoms with E-state index >= 15 is 0 Å². The predicted octanol–water partition coefficient (Wildman–Crippen LogP) is 1.52. The van der Waals surface area contributed by atoms with Crippen LogP contribution in [0.15, 0.2) is 36.8 Å². The van der Waals surface area contributed by atoms with Crippen LogP contribution >= 0.6 is 0 Å². The third-order valence-electron chi connectivity index (χ3n) is 4.30. The summed E-state index contributed by atoms with van der Waals surface area (Å²) in [5, 5.41) is 7.86. The molecule has 1 aliphatic rings. The molecule has 0 aromatic carbocycles. The zero-order valence-corrected chi connectivity index (χ0v) is 13.5. The van der Waals surface area contributed by atoms with Gasteiger partial charge >= 0.3 is 0 Å². The molecule has 1 atom stereocenters. The maximum Gasteiger partial charge on any atom is 0.274 e. The van der Waals surface area contributed by atoms with Crippen molar-refractivity contribution in [1.29, 1.82) is 0 Å². The van der Waals surface area contributed by atoms with Crippen molar-refractivity contribution in [2.75, 3.05) is 26.7 Å². The van der Waals surface area contributed by atoms with Gasteiger partial charge in [-0.2, -0.15) is 5.10 Å². The molecule has 2 aromatic rings. The van der Waals surface area contributed by atoms with Crippen LogP contribution in [0.1, 0.15) is 34.9 Å². The first-order chi connectivity index (χ1) is 11.2. The largest absolute Gasteiger partial charge is 0.340 e. The van der Waals surface area contributed by atoms with Gasteiger partial charge in [0, 0.05) is 38.7 Å². The van der Waals surface area contributed by atoms with Crippen LogP contribution in [0.4, 0.5) is 0 Å². The van der Waals surface area contributed by atoms with E-state index < -0.39 is 0 Å². The molecule has 6 nitrogen and oxygen atoms in total. The third-order valence-corrected chi connectivity index (χ3v) is 4.30. The Balaban J connectivity index is 1.57. The molecule has 0 spiro atoms. The molecular weight excluding hydrogens is 290 g/mol. The van der Waals surface area contributed by atoms with Gasteiger partial charge < -0.3 is 10.2 Å². The molecule has 3 rings (SSSR count). The molecule has 0 radical (unpaired) electrons. The number of rotatable bonds is 5. The van der Waals surface area contributed by atoms with Gasteiger partial charge in [-0.15, -0.1) is 0 Å². The highest BCUT2D eigenvalue weighted by atomic mass is 16.2. The molecule has 1 aliphatic heterocycles. The summed E-state index contributed by atoms with van der Waals surface area (Å²) in [7, 11) is 1.82. The van der Waals surface area contributed by atoms with Gasteiger partial charge in [-0.25, -0.2) is 0 Å². The van der Waals surface area contributed by atoms with Crippen molar-refractivity contribution in [3.05, 3.63) is 48.0 Å². The Labute approximate surface area is 136 Å². The molecule has 1 saturated heterocycles. The molecule has 122 valence electrons. The number of likely N-dealkylation sites (N-methyl/N-ethyl adjacent to an activating group) is 1. The van der Waals surface area contributed by atoms with Crippen LogP contribution in [0.2, 0.25) is 0 Å². The number of hydrogen-bond donors (Lipinski definition) is 1. The number of nitrogens with zero attached hydrogens (tertiary/aromatic N) is 4. The van der Waals surface area contributed by atoms with Crippen LogP contribution in [0.5, 0.6) is 0 Å². The van der Waals surface area contributed by atoms with Crippen LogP contribution in [0.3, 0.4) is 0 Å². The molecule has 6 heteroatoms. The summed E-state index contributed by atoms with van der Waals surface area (Å²) >= 11 is 0. The Morgan fingerprint density at radius 3 is 2.96 bits per heavy atom. The molecule has 1 N–H and O–H groups in total. The molecule has 1 unspecified atom stereocenters. The summed E-state index contributed by atoms with van der Waals surface area (Å²) in [6.07, 6.45) is 8.55. The van der Waals surface area contributed by atoms with Crippen LogP contribution in [0.25, 0.3) is 0 Å². The third kappa shape index (κ3) is 3.96. The molecule has 3 heterocycles. The minimum absolute atomic E-state index is 0.0263. The fourth-order valence-corrected chi connectivity index (χ4v) is 2.86. The lowest BCUT2D eigenvalue weighted by atomic mass is 10.1. The first kappa shape index (κ1) is 15.7. The number of amides is 1. The topological polar surface area (TPSA) is 63.1 Å². The smallest absolute Gasteiger partial charge is 0.274 e. The lowest BCUT2D eigenvalue weighted by molar-refractivity contribution is 0.0789. The first-order valence-electron chi connectivity index (χ1n) is 8.14. The number of hydrogen-bond acceptors (Lipinski definition) is 4. The Hall–Kier alpha value is -2.21. The van der Waals surface area contributed by atoms with E-state index in [4.69, 9.17) is 0 Å². The number of carbonyl (C=O) groups excluding carboxylic acids is 1. The summed E-state index contributed by atoms with van der Waals surface area (Å²) in [4.78, 5) is 18.2. The van der Waals surface area contributed by atoms with E-state index in [1.165, 1.54) is 5.56 Å². The van der Waals surface area contributed by atoms with Crippen LogP contribution < -0.4 is 5.32 Å². The van der Waals surface area contributed by atoms with Gasteiger partial charge in [0.2, 0.25) is 0 Å². The fraction of sp³-hybridized carbons (Fsp3) is 0.471. The van der Waals surface area contributed by atoms with E-state index in [1.807, 2.05) is 36.1 Å². The molecular formula is C17H23N5O. The molecule has 23 heavy (non-hydrogen) atoms. The van der Waals surface area contributed by atoms with Gasteiger partial charge in [-0.05, 0) is 49.6 Å². The zero-order valence-electron chi connectivity index (χ0n) is 13.5. The van der Waals surface area contributed by atoms with Crippen molar-refractivity contribution in [2.24, 2.45) is 0 Å². The number of piperidine rings is 1. The highest BCUT2D eigenvalue weighted by Gasteiger charge is 2.19. The van der Waals surface area contributed by atoms with E-state index in [-0.39, 0.29) is 5.91 Å². The van der Waals surface area contributed by atoms with Gasteiger partial charge in [-0.1, -0.05) is 0 Å². The van der Waals surface area contributed by atoms with E-state index in [0.29, 0.717) is 18.3 Å². The number of pyridine rings is 1. The maximum absolute atomic E-state index is 12.5. The number of carbonyl (C=O) groups is 1. The Morgan fingerprint density at radius 2 is 2.22 bits per heavy atom. The summed E-state index contributed by atoms with van der Waals surface area (Å²) in [6, 6.07) is 6.12. The second-order valence-electron chi connectivity index (χ2n) is 6.01. The minimum atomic E-state index is -0.0263. The Morgan fingerprint density at radius 1 is 1.39 bits per heavy atom. The normalized spacial score (nSPS) is 17.9. The second-order valence-corrected chi connectivity index (χ2v) is 6.01. The predicted molar refractivity (Wildman–Crippen MR) is 88.3 cm³/mol. The van der Waals surface area contributed by atoms with E-state index in [9.17, 15) is 4.79 Å². The maximum atomic E-state index is 12.5. The molecule has 0 aliphatic carbocycles. The molecule has 0 saturated carbocycles. The summed E-state index contributed by atoms with van der Waals surface area (Å²) in [5.41, 5.74) is 1.70.